The lowest BCUT2D eigenvalue weighted by Crippen LogP contribution is -2.68. The fraction of sp³-hybridized carbons (Fsp3) is 0.310. The maximum absolute atomic E-state index is 13.6. The molecule has 7 nitrogen and oxygen atoms in total. The Morgan fingerprint density at radius 2 is 1.77 bits per heavy atom. The first-order chi connectivity index (χ1) is 19.0. The monoisotopic (exact) mass is 552 g/mol. The molecule has 206 valence electrons. The highest BCUT2D eigenvalue weighted by molar-refractivity contribution is 6.11. The molecule has 2 amide bonds. The molecule has 2 N–H and O–H groups in total. The van der Waals surface area contributed by atoms with Gasteiger partial charge in [0, 0.05) is 48.1 Å². The van der Waals surface area contributed by atoms with E-state index in [1.54, 1.807) is 6.07 Å². The molecule has 0 saturated heterocycles. The van der Waals surface area contributed by atoms with Gasteiger partial charge in [-0.25, -0.2) is 9.37 Å². The Morgan fingerprint density at radius 3 is 2.40 bits per heavy atom. The Morgan fingerprint density at radius 1 is 1.05 bits per heavy atom. The van der Waals surface area contributed by atoms with Crippen LogP contribution in [0.5, 0.6) is 0 Å². The summed E-state index contributed by atoms with van der Waals surface area (Å²) in [5.41, 5.74) is 1.32. The van der Waals surface area contributed by atoms with E-state index in [0.717, 1.165) is 19.3 Å². The summed E-state index contributed by atoms with van der Waals surface area (Å²) >= 11 is 0. The summed E-state index contributed by atoms with van der Waals surface area (Å²) in [7, 11) is 1.43. The topological polar surface area (TPSA) is 97.1 Å². The van der Waals surface area contributed by atoms with E-state index in [-0.39, 0.29) is 45.1 Å². The molecule has 0 radical (unpaired) electrons. The van der Waals surface area contributed by atoms with Crippen molar-refractivity contribution in [2.75, 3.05) is 7.05 Å². The minimum absolute atomic E-state index is 0.0377. The second-order valence-electron chi connectivity index (χ2n) is 10.5. The predicted molar refractivity (Wildman–Crippen MR) is 138 cm³/mol. The third-order valence-electron chi connectivity index (χ3n) is 7.70. The van der Waals surface area contributed by atoms with Crippen LogP contribution in [0.3, 0.4) is 0 Å². The summed E-state index contributed by atoms with van der Waals surface area (Å²) in [6, 6.07) is 8.38. The summed E-state index contributed by atoms with van der Waals surface area (Å²) in [6.07, 6.45) is -0.328. The van der Waals surface area contributed by atoms with Crippen LogP contribution >= 0.6 is 0 Å². The second kappa shape index (κ2) is 9.42. The number of alkyl halides is 3. The number of aryl methyl sites for hydroxylation is 1. The number of halogens is 4. The molecule has 0 unspecified atom stereocenters. The van der Waals surface area contributed by atoms with E-state index in [4.69, 9.17) is 4.42 Å². The third-order valence-corrected chi connectivity index (χ3v) is 7.70. The minimum atomic E-state index is -4.44. The van der Waals surface area contributed by atoms with Crippen molar-refractivity contribution in [1.82, 2.24) is 20.6 Å². The van der Waals surface area contributed by atoms with E-state index in [9.17, 15) is 27.2 Å². The normalized spacial score (nSPS) is 19.6. The minimum Gasteiger partial charge on any atom is -0.437 e. The highest BCUT2D eigenvalue weighted by Crippen LogP contribution is 2.57. The molecule has 0 spiro atoms. The molecule has 7 rings (SSSR count). The molecular formula is C29H24F4N4O3. The molecule has 3 heterocycles. The average Bonchev–Trinajstić information content (AvgIpc) is 3.26. The molecule has 11 heteroatoms. The summed E-state index contributed by atoms with van der Waals surface area (Å²) in [5.74, 6) is -0.528. The zero-order valence-electron chi connectivity index (χ0n) is 21.4. The van der Waals surface area contributed by atoms with E-state index in [2.05, 4.69) is 20.6 Å². The Bertz CT molecular complexity index is 1630. The number of aromatic nitrogens is 2. The van der Waals surface area contributed by atoms with Crippen molar-refractivity contribution in [2.45, 2.75) is 43.8 Å². The van der Waals surface area contributed by atoms with Crippen LogP contribution in [-0.4, -0.2) is 40.5 Å². The van der Waals surface area contributed by atoms with Crippen LogP contribution < -0.4 is 10.6 Å². The van der Waals surface area contributed by atoms with Gasteiger partial charge in [-0.3, -0.25) is 14.6 Å². The van der Waals surface area contributed by atoms with Gasteiger partial charge in [0.25, 0.3) is 11.8 Å². The van der Waals surface area contributed by atoms with Crippen LogP contribution in [0.1, 0.15) is 52.1 Å². The van der Waals surface area contributed by atoms with Gasteiger partial charge >= 0.3 is 6.18 Å². The number of rotatable bonds is 7. The lowest BCUT2D eigenvalue weighted by molar-refractivity contribution is -0.134. The van der Waals surface area contributed by atoms with Gasteiger partial charge in [-0.05, 0) is 68.0 Å². The smallest absolute Gasteiger partial charge is 0.389 e. The summed E-state index contributed by atoms with van der Waals surface area (Å²) in [5, 5.41) is 5.87. The van der Waals surface area contributed by atoms with E-state index < -0.39 is 30.7 Å². The van der Waals surface area contributed by atoms with E-state index >= 15 is 0 Å². The van der Waals surface area contributed by atoms with Crippen molar-refractivity contribution >= 4 is 22.9 Å². The molecule has 3 fully saturated rings. The number of amides is 2. The fourth-order valence-electron chi connectivity index (χ4n) is 5.57. The number of carbonyl (C=O) groups excluding carboxylic acids is 2. The quantitative estimate of drug-likeness (QED) is 0.281. The van der Waals surface area contributed by atoms with Crippen LogP contribution in [0.2, 0.25) is 0 Å². The molecule has 3 saturated carbocycles. The predicted octanol–water partition coefficient (Wildman–Crippen LogP) is 5.83. The van der Waals surface area contributed by atoms with Gasteiger partial charge in [-0.2, -0.15) is 13.2 Å². The molecule has 1 aromatic carbocycles. The van der Waals surface area contributed by atoms with Crippen LogP contribution in [0.25, 0.3) is 33.6 Å². The lowest BCUT2D eigenvalue weighted by atomic mass is 9.50. The van der Waals surface area contributed by atoms with Crippen molar-refractivity contribution in [1.29, 1.82) is 0 Å². The van der Waals surface area contributed by atoms with Crippen LogP contribution in [0, 0.1) is 11.7 Å². The van der Waals surface area contributed by atoms with Crippen molar-refractivity contribution < 1.29 is 31.6 Å². The van der Waals surface area contributed by atoms with E-state index in [1.165, 1.54) is 49.8 Å². The van der Waals surface area contributed by atoms with Crippen molar-refractivity contribution in [3.63, 3.8) is 0 Å². The van der Waals surface area contributed by atoms with Gasteiger partial charge in [0.15, 0.2) is 0 Å². The van der Waals surface area contributed by atoms with Gasteiger partial charge in [-0.1, -0.05) is 0 Å². The maximum atomic E-state index is 13.6. The first kappa shape index (κ1) is 26.0. The van der Waals surface area contributed by atoms with Gasteiger partial charge in [0.1, 0.15) is 11.6 Å². The Labute approximate surface area is 226 Å². The molecule has 0 aliphatic heterocycles. The first-order valence-electron chi connectivity index (χ1n) is 12.8. The van der Waals surface area contributed by atoms with E-state index in [0.29, 0.717) is 22.6 Å². The SMILES string of the molecule is CNC(=O)c1c(-c2ccc(F)cc2)oc2nc(CCC(F)(F)F)c(-c3cncc(C(=O)NC45CC(C4)C5)c3)cc12. The maximum Gasteiger partial charge on any atom is 0.389 e. The molecular weight excluding hydrogens is 528 g/mol. The summed E-state index contributed by atoms with van der Waals surface area (Å²) in [4.78, 5) is 34.5. The van der Waals surface area contributed by atoms with Gasteiger partial charge < -0.3 is 15.1 Å². The van der Waals surface area contributed by atoms with Gasteiger partial charge in [0.05, 0.1) is 22.2 Å². The zero-order chi connectivity index (χ0) is 28.2. The number of hydrogen-bond donors (Lipinski definition) is 2. The van der Waals surface area contributed by atoms with Crippen molar-refractivity contribution in [2.24, 2.45) is 5.92 Å². The van der Waals surface area contributed by atoms with Crippen LogP contribution in [0.15, 0.2) is 53.2 Å². The molecule has 4 aromatic rings. The van der Waals surface area contributed by atoms with Crippen molar-refractivity contribution in [3.8, 4) is 22.5 Å². The van der Waals surface area contributed by atoms with Crippen molar-refractivity contribution in [3.05, 3.63) is 71.4 Å². The van der Waals surface area contributed by atoms with Crippen LogP contribution in [0.4, 0.5) is 17.6 Å². The number of furan rings is 1. The summed E-state index contributed by atoms with van der Waals surface area (Å²) < 4.78 is 59.2. The zero-order valence-corrected chi connectivity index (χ0v) is 21.4. The largest absolute Gasteiger partial charge is 0.437 e. The van der Waals surface area contributed by atoms with E-state index in [1.807, 2.05) is 0 Å². The van der Waals surface area contributed by atoms with Gasteiger partial charge in [0.2, 0.25) is 5.71 Å². The molecule has 2 bridgehead atoms. The number of carbonyl (C=O) groups is 2. The fourth-order valence-corrected chi connectivity index (χ4v) is 5.57. The molecule has 0 atom stereocenters. The standard InChI is InChI=1S/C29H24F4N4O3/c1-34-26(39)23-21-9-20(17-8-18(14-35-13-17)25(38)37-28-10-15(11-28)12-28)22(6-7-29(31,32)33)36-27(21)40-24(23)16-2-4-19(30)5-3-16/h2-5,8-9,13-15H,6-7,10-12H2,1H3,(H,34,39)(H,37,38). The number of nitrogens with zero attached hydrogens (tertiary/aromatic N) is 2. The second-order valence-corrected chi connectivity index (χ2v) is 10.5. The Hall–Kier alpha value is -4.28. The molecule has 3 aliphatic carbocycles. The number of pyridine rings is 2. The average molecular weight is 553 g/mol. The lowest BCUT2D eigenvalue weighted by Gasteiger charge is -2.61. The molecule has 40 heavy (non-hydrogen) atoms. The Kier molecular flexibility index (Phi) is 6.12. The summed E-state index contributed by atoms with van der Waals surface area (Å²) in [6.45, 7) is 0. The third kappa shape index (κ3) is 4.69. The Balaban J connectivity index is 1.47. The highest BCUT2D eigenvalue weighted by atomic mass is 19.4. The van der Waals surface area contributed by atoms with Gasteiger partial charge in [-0.15, -0.1) is 0 Å². The number of nitrogens with one attached hydrogen (secondary N) is 2. The molecule has 3 aromatic heterocycles. The molecule has 3 aliphatic rings. The van der Waals surface area contributed by atoms with Crippen LogP contribution in [-0.2, 0) is 6.42 Å². The number of benzene rings is 1. The number of fused-ring (bicyclic) bond motifs is 1. The first-order valence-corrected chi connectivity index (χ1v) is 12.8. The number of hydrogen-bond acceptors (Lipinski definition) is 5. The highest BCUT2D eigenvalue weighted by Gasteiger charge is 2.57.